The van der Waals surface area contributed by atoms with E-state index < -0.39 is 0 Å². The second-order valence-corrected chi connectivity index (χ2v) is 8.70. The molecule has 2 saturated heterocycles. The lowest BCUT2D eigenvalue weighted by molar-refractivity contribution is -0.0721. The topological polar surface area (TPSA) is 46.1 Å². The number of nitrogens with zero attached hydrogens (tertiary/aromatic N) is 2. The second-order valence-electron chi connectivity index (χ2n) is 8.70. The molecule has 2 aliphatic heterocycles. The minimum absolute atomic E-state index is 0.0550. The van der Waals surface area contributed by atoms with Crippen LogP contribution in [-0.4, -0.2) is 63.0 Å². The first-order valence-electron chi connectivity index (χ1n) is 11.1. The summed E-state index contributed by atoms with van der Waals surface area (Å²) in [6.45, 7) is 4.31. The fourth-order valence-electron chi connectivity index (χ4n) is 4.53. The van der Waals surface area contributed by atoms with Crippen LogP contribution in [0.5, 0.6) is 0 Å². The lowest BCUT2D eigenvalue weighted by atomic mass is 9.96. The average molecular weight is 404 g/mol. The number of likely N-dealkylation sites (tertiary alicyclic amines) is 1. The van der Waals surface area contributed by atoms with Crippen molar-refractivity contribution in [2.24, 2.45) is 4.99 Å². The Morgan fingerprint density at radius 2 is 2.10 bits per heavy atom. The van der Waals surface area contributed by atoms with Crippen LogP contribution in [0.2, 0.25) is 0 Å². The van der Waals surface area contributed by atoms with Crippen molar-refractivity contribution in [2.75, 3.05) is 39.9 Å². The molecule has 4 rings (SSSR count). The van der Waals surface area contributed by atoms with Crippen molar-refractivity contribution in [3.8, 4) is 0 Å². The molecule has 29 heavy (non-hydrogen) atoms. The zero-order valence-corrected chi connectivity index (χ0v) is 17.5. The van der Waals surface area contributed by atoms with E-state index in [4.69, 9.17) is 9.47 Å². The fourth-order valence-corrected chi connectivity index (χ4v) is 4.53. The predicted octanol–water partition coefficient (Wildman–Crippen LogP) is 3.48. The molecule has 1 aliphatic carbocycles. The fraction of sp³-hybridized carbons (Fsp3) is 0.696. The second kappa shape index (κ2) is 9.43. The van der Waals surface area contributed by atoms with Crippen LogP contribution in [-0.2, 0) is 14.9 Å². The maximum absolute atomic E-state index is 13.6. The van der Waals surface area contributed by atoms with Gasteiger partial charge in [-0.25, -0.2) is 4.39 Å². The molecular formula is C23H34FN3O2. The molecule has 3 fully saturated rings. The van der Waals surface area contributed by atoms with E-state index in [9.17, 15) is 4.39 Å². The molecule has 1 saturated carbocycles. The highest BCUT2D eigenvalue weighted by atomic mass is 19.1. The van der Waals surface area contributed by atoms with E-state index in [-0.39, 0.29) is 17.3 Å². The lowest BCUT2D eigenvalue weighted by Crippen LogP contribution is -2.48. The Balaban J connectivity index is 1.22. The van der Waals surface area contributed by atoms with Gasteiger partial charge in [-0.15, -0.1) is 0 Å². The van der Waals surface area contributed by atoms with Gasteiger partial charge in [0.1, 0.15) is 5.82 Å². The maximum atomic E-state index is 13.6. The molecule has 1 atom stereocenters. The number of aliphatic imine (C=N–C) groups is 1. The molecule has 1 aromatic carbocycles. The van der Waals surface area contributed by atoms with Gasteiger partial charge in [0, 0.05) is 38.7 Å². The van der Waals surface area contributed by atoms with E-state index in [1.54, 1.807) is 6.07 Å². The third kappa shape index (κ3) is 5.28. The summed E-state index contributed by atoms with van der Waals surface area (Å²) in [5.41, 5.74) is 1.15. The molecule has 1 aromatic rings. The van der Waals surface area contributed by atoms with Crippen LogP contribution < -0.4 is 5.32 Å². The van der Waals surface area contributed by atoms with Gasteiger partial charge in [0.15, 0.2) is 5.96 Å². The highest BCUT2D eigenvalue weighted by molar-refractivity contribution is 5.80. The number of benzene rings is 1. The molecular weight excluding hydrogens is 369 g/mol. The minimum atomic E-state index is -0.154. The van der Waals surface area contributed by atoms with Crippen molar-refractivity contribution >= 4 is 5.96 Å². The zero-order valence-electron chi connectivity index (χ0n) is 17.5. The Morgan fingerprint density at radius 1 is 1.28 bits per heavy atom. The van der Waals surface area contributed by atoms with Crippen molar-refractivity contribution in [1.29, 1.82) is 0 Å². The van der Waals surface area contributed by atoms with Gasteiger partial charge in [-0.3, -0.25) is 4.99 Å². The largest absolute Gasteiger partial charge is 0.376 e. The van der Waals surface area contributed by atoms with Gasteiger partial charge in [-0.1, -0.05) is 12.1 Å². The van der Waals surface area contributed by atoms with Crippen LogP contribution in [0.15, 0.2) is 29.3 Å². The molecule has 1 unspecified atom stereocenters. The first-order valence-corrected chi connectivity index (χ1v) is 11.1. The number of guanidine groups is 1. The van der Waals surface area contributed by atoms with Gasteiger partial charge in [0.2, 0.25) is 0 Å². The van der Waals surface area contributed by atoms with Crippen LogP contribution in [0.25, 0.3) is 0 Å². The summed E-state index contributed by atoms with van der Waals surface area (Å²) < 4.78 is 25.5. The highest BCUT2D eigenvalue weighted by Gasteiger charge is 2.44. The van der Waals surface area contributed by atoms with Crippen molar-refractivity contribution in [2.45, 2.75) is 62.6 Å². The van der Waals surface area contributed by atoms with Crippen LogP contribution >= 0.6 is 0 Å². The van der Waals surface area contributed by atoms with E-state index >= 15 is 0 Å². The minimum Gasteiger partial charge on any atom is -0.376 e. The van der Waals surface area contributed by atoms with Gasteiger partial charge in [0.05, 0.1) is 18.8 Å². The number of nitrogens with one attached hydrogen (secondary N) is 1. The van der Waals surface area contributed by atoms with Crippen LogP contribution in [0.3, 0.4) is 0 Å². The molecule has 2 heterocycles. The Bertz CT molecular complexity index is 693. The highest BCUT2D eigenvalue weighted by Crippen LogP contribution is 2.47. The molecule has 160 valence electrons. The molecule has 0 radical (unpaired) electrons. The monoisotopic (exact) mass is 403 g/mol. The van der Waals surface area contributed by atoms with Crippen molar-refractivity contribution in [1.82, 2.24) is 10.2 Å². The summed E-state index contributed by atoms with van der Waals surface area (Å²) in [6.07, 6.45) is 8.39. The molecule has 0 amide bonds. The average Bonchev–Trinajstić information content (AvgIpc) is 3.55. The molecule has 0 aromatic heterocycles. The normalized spacial score (nSPS) is 25.1. The molecule has 3 aliphatic rings. The Hall–Kier alpha value is -1.66. The van der Waals surface area contributed by atoms with E-state index in [1.807, 2.05) is 19.2 Å². The predicted molar refractivity (Wildman–Crippen MR) is 113 cm³/mol. The summed E-state index contributed by atoms with van der Waals surface area (Å²) in [5.74, 6) is 0.792. The molecule has 0 spiro atoms. The van der Waals surface area contributed by atoms with Gasteiger partial charge < -0.3 is 19.7 Å². The molecule has 0 bridgehead atoms. The van der Waals surface area contributed by atoms with Gasteiger partial charge in [-0.2, -0.15) is 0 Å². The maximum Gasteiger partial charge on any atom is 0.193 e. The first kappa shape index (κ1) is 20.6. The molecule has 1 N–H and O–H groups in total. The smallest absolute Gasteiger partial charge is 0.193 e. The third-order valence-electron chi connectivity index (χ3n) is 6.62. The lowest BCUT2D eigenvalue weighted by Gasteiger charge is -2.35. The van der Waals surface area contributed by atoms with Crippen molar-refractivity contribution in [3.63, 3.8) is 0 Å². The van der Waals surface area contributed by atoms with Gasteiger partial charge >= 0.3 is 0 Å². The summed E-state index contributed by atoms with van der Waals surface area (Å²) in [5, 5.41) is 3.55. The number of halogens is 1. The number of rotatable bonds is 6. The first-order chi connectivity index (χ1) is 14.2. The number of hydrogen-bond donors (Lipinski definition) is 1. The number of ether oxygens (including phenoxy) is 2. The van der Waals surface area contributed by atoms with Gasteiger partial charge in [-0.05, 0) is 62.6 Å². The van der Waals surface area contributed by atoms with E-state index in [0.717, 1.165) is 76.5 Å². The summed E-state index contributed by atoms with van der Waals surface area (Å²) in [4.78, 5) is 6.81. The van der Waals surface area contributed by atoms with Gasteiger partial charge in [0.25, 0.3) is 0 Å². The zero-order chi connectivity index (χ0) is 20.1. The quantitative estimate of drug-likeness (QED) is 0.584. The van der Waals surface area contributed by atoms with E-state index in [1.165, 1.54) is 18.9 Å². The third-order valence-corrected chi connectivity index (χ3v) is 6.62. The summed E-state index contributed by atoms with van der Waals surface area (Å²) in [7, 11) is 1.84. The van der Waals surface area contributed by atoms with Crippen molar-refractivity contribution < 1.29 is 13.9 Å². The molecule has 5 nitrogen and oxygen atoms in total. The molecule has 6 heteroatoms. The Morgan fingerprint density at radius 3 is 2.76 bits per heavy atom. The number of piperidine rings is 1. The van der Waals surface area contributed by atoms with Crippen LogP contribution in [0, 0.1) is 5.82 Å². The Labute approximate surface area is 173 Å². The standard InChI is InChI=1S/C23H34FN3O2/c1-25-22(26-17-23(10-11-23)18-5-4-6-19(24)15-18)27-12-8-20(9-13-27)29-16-21-7-2-3-14-28-21/h4-6,15,20-21H,2-3,7-14,16-17H2,1H3,(H,25,26). The van der Waals surface area contributed by atoms with E-state index in [0.29, 0.717) is 6.10 Å². The Kier molecular flexibility index (Phi) is 6.70. The van der Waals surface area contributed by atoms with Crippen molar-refractivity contribution in [3.05, 3.63) is 35.6 Å². The SMILES string of the molecule is CN=C(NCC1(c2cccc(F)c2)CC1)N1CCC(OCC2CCCCO2)CC1. The number of hydrogen-bond acceptors (Lipinski definition) is 3. The van der Waals surface area contributed by atoms with E-state index in [2.05, 4.69) is 15.2 Å². The summed E-state index contributed by atoms with van der Waals surface area (Å²) in [6, 6.07) is 7.04. The van der Waals surface area contributed by atoms with Crippen LogP contribution in [0.4, 0.5) is 4.39 Å². The summed E-state index contributed by atoms with van der Waals surface area (Å²) >= 11 is 0. The van der Waals surface area contributed by atoms with Crippen LogP contribution in [0.1, 0.15) is 50.5 Å².